The van der Waals surface area contributed by atoms with Crippen LogP contribution in [0.4, 0.5) is 5.69 Å². The monoisotopic (exact) mass is 346 g/mol. The maximum Gasteiger partial charge on any atom is 0.255 e. The van der Waals surface area contributed by atoms with Gasteiger partial charge in [0.25, 0.3) is 11.7 Å². The second-order valence-corrected chi connectivity index (χ2v) is 6.78. The molecule has 0 saturated carbocycles. The lowest BCUT2D eigenvalue weighted by molar-refractivity contribution is -0.251. The molecule has 2 saturated heterocycles. The molecule has 6 nitrogen and oxygen atoms in total. The van der Waals surface area contributed by atoms with Crippen molar-refractivity contribution in [3.8, 4) is 0 Å². The number of hydrogen-bond acceptors (Lipinski definition) is 5. The van der Waals surface area contributed by atoms with Crippen molar-refractivity contribution in [3.05, 3.63) is 29.3 Å². The summed E-state index contributed by atoms with van der Waals surface area (Å²) >= 11 is 0. The van der Waals surface area contributed by atoms with Gasteiger partial charge in [-0.2, -0.15) is 0 Å². The van der Waals surface area contributed by atoms with Crippen LogP contribution in [0.15, 0.2) is 18.2 Å². The molecule has 25 heavy (non-hydrogen) atoms. The number of para-hydroxylation sites is 1. The Morgan fingerprint density at radius 3 is 2.40 bits per heavy atom. The second-order valence-electron chi connectivity index (χ2n) is 6.78. The number of carbonyl (C=O) groups is 2. The van der Waals surface area contributed by atoms with Crippen LogP contribution in [-0.2, 0) is 20.1 Å². The summed E-state index contributed by atoms with van der Waals surface area (Å²) in [6.07, 6.45) is 4.68. The molecule has 0 bridgehead atoms. The molecule has 1 amide bonds. The van der Waals surface area contributed by atoms with E-state index in [0.29, 0.717) is 36.3 Å². The minimum atomic E-state index is -1.43. The van der Waals surface area contributed by atoms with E-state index in [2.05, 4.69) is 0 Å². The number of likely N-dealkylation sites (tertiary alicyclic amines) is 1. The first-order valence-electron chi connectivity index (χ1n) is 8.93. The smallest absolute Gasteiger partial charge is 0.255 e. The summed E-state index contributed by atoms with van der Waals surface area (Å²) < 4.78 is 11.5. The SMILES string of the molecule is CN(C)c1c(C(=O)N2CCCCC2)cccc1C1(C=O)OCCCO1. The van der Waals surface area contributed by atoms with Crippen LogP contribution in [0.2, 0.25) is 0 Å². The van der Waals surface area contributed by atoms with Gasteiger partial charge in [-0.05, 0) is 31.7 Å². The lowest BCUT2D eigenvalue weighted by Crippen LogP contribution is -2.41. The zero-order chi connectivity index (χ0) is 17.9. The summed E-state index contributed by atoms with van der Waals surface area (Å²) in [7, 11) is 3.74. The molecular weight excluding hydrogens is 320 g/mol. The van der Waals surface area contributed by atoms with Crippen molar-refractivity contribution in [2.45, 2.75) is 31.5 Å². The van der Waals surface area contributed by atoms with Gasteiger partial charge in [0, 0.05) is 32.7 Å². The van der Waals surface area contributed by atoms with Gasteiger partial charge in [-0.3, -0.25) is 9.59 Å². The normalized spacial score (nSPS) is 20.2. The highest BCUT2D eigenvalue weighted by Gasteiger charge is 2.40. The minimum Gasteiger partial charge on any atom is -0.377 e. The largest absolute Gasteiger partial charge is 0.377 e. The third kappa shape index (κ3) is 3.41. The molecule has 0 atom stereocenters. The number of amides is 1. The standard InChI is InChI=1S/C19H26N2O4/c1-20(2)17-15(18(23)21-10-4-3-5-11-21)8-6-9-16(17)19(14-22)24-12-7-13-25-19/h6,8-9,14H,3-5,7,10-13H2,1-2H3. The molecule has 0 aliphatic carbocycles. The Kier molecular flexibility index (Phi) is 5.39. The summed E-state index contributed by atoms with van der Waals surface area (Å²) in [5.74, 6) is -1.43. The van der Waals surface area contributed by atoms with Crippen LogP contribution >= 0.6 is 0 Å². The van der Waals surface area contributed by atoms with E-state index in [0.717, 1.165) is 32.4 Å². The van der Waals surface area contributed by atoms with Gasteiger partial charge in [-0.1, -0.05) is 12.1 Å². The van der Waals surface area contributed by atoms with Crippen LogP contribution in [0.25, 0.3) is 0 Å². The Labute approximate surface area is 148 Å². The first-order valence-corrected chi connectivity index (χ1v) is 8.93. The van der Waals surface area contributed by atoms with Crippen LogP contribution < -0.4 is 4.90 Å². The highest BCUT2D eigenvalue weighted by molar-refractivity contribution is 6.01. The fourth-order valence-corrected chi connectivity index (χ4v) is 3.58. The molecule has 2 aliphatic rings. The van der Waals surface area contributed by atoms with E-state index in [9.17, 15) is 9.59 Å². The fraction of sp³-hybridized carbons (Fsp3) is 0.579. The summed E-state index contributed by atoms with van der Waals surface area (Å²) in [5, 5.41) is 0. The third-order valence-electron chi connectivity index (χ3n) is 4.81. The van der Waals surface area contributed by atoms with Crippen molar-refractivity contribution in [1.82, 2.24) is 4.90 Å². The Morgan fingerprint density at radius 1 is 1.12 bits per heavy atom. The molecule has 0 unspecified atom stereocenters. The highest BCUT2D eigenvalue weighted by Crippen LogP contribution is 2.37. The number of aldehydes is 1. The molecule has 0 N–H and O–H groups in total. The van der Waals surface area contributed by atoms with Crippen molar-refractivity contribution in [2.75, 3.05) is 45.3 Å². The van der Waals surface area contributed by atoms with E-state index in [4.69, 9.17) is 9.47 Å². The molecule has 6 heteroatoms. The third-order valence-corrected chi connectivity index (χ3v) is 4.81. The summed E-state index contributed by atoms with van der Waals surface area (Å²) in [4.78, 5) is 28.7. The molecular formula is C19H26N2O4. The van der Waals surface area contributed by atoms with E-state index in [1.807, 2.05) is 36.0 Å². The molecule has 0 radical (unpaired) electrons. The number of anilines is 1. The molecule has 2 aliphatic heterocycles. The number of carbonyl (C=O) groups excluding carboxylic acids is 2. The molecule has 2 heterocycles. The summed E-state index contributed by atoms with van der Waals surface area (Å²) in [6.45, 7) is 2.47. The first-order chi connectivity index (χ1) is 12.1. The van der Waals surface area contributed by atoms with Crippen LogP contribution in [0.5, 0.6) is 0 Å². The molecule has 1 aromatic carbocycles. The van der Waals surface area contributed by atoms with Crippen LogP contribution in [0, 0.1) is 0 Å². The minimum absolute atomic E-state index is 0.00195. The van der Waals surface area contributed by atoms with Crippen LogP contribution in [0.1, 0.15) is 41.6 Å². The van der Waals surface area contributed by atoms with Crippen molar-refractivity contribution >= 4 is 17.9 Å². The van der Waals surface area contributed by atoms with Gasteiger partial charge < -0.3 is 19.3 Å². The van der Waals surface area contributed by atoms with Crippen molar-refractivity contribution in [2.24, 2.45) is 0 Å². The number of hydrogen-bond donors (Lipinski definition) is 0. The predicted molar refractivity (Wildman–Crippen MR) is 94.8 cm³/mol. The molecule has 3 rings (SSSR count). The summed E-state index contributed by atoms with van der Waals surface area (Å²) in [6, 6.07) is 5.42. The van der Waals surface area contributed by atoms with Gasteiger partial charge in [-0.15, -0.1) is 0 Å². The predicted octanol–water partition coefficient (Wildman–Crippen LogP) is 2.17. The van der Waals surface area contributed by atoms with Crippen LogP contribution in [-0.4, -0.2) is 57.5 Å². The van der Waals surface area contributed by atoms with Crippen molar-refractivity contribution in [3.63, 3.8) is 0 Å². The number of ether oxygens (including phenoxy) is 2. The molecule has 2 fully saturated rings. The Balaban J connectivity index is 2.05. The van der Waals surface area contributed by atoms with Gasteiger partial charge in [0.15, 0.2) is 6.29 Å². The number of benzene rings is 1. The van der Waals surface area contributed by atoms with Gasteiger partial charge in [0.05, 0.1) is 24.5 Å². The Hall–Kier alpha value is -1.92. The summed E-state index contributed by atoms with van der Waals surface area (Å²) in [5.41, 5.74) is 1.87. The van der Waals surface area contributed by atoms with Gasteiger partial charge in [0.1, 0.15) is 0 Å². The van der Waals surface area contributed by atoms with Crippen LogP contribution in [0.3, 0.4) is 0 Å². The van der Waals surface area contributed by atoms with Gasteiger partial charge in [0.2, 0.25) is 0 Å². The maximum absolute atomic E-state index is 13.1. The second kappa shape index (κ2) is 7.54. The van der Waals surface area contributed by atoms with Gasteiger partial charge >= 0.3 is 0 Å². The van der Waals surface area contributed by atoms with E-state index in [1.165, 1.54) is 6.42 Å². The fourth-order valence-electron chi connectivity index (χ4n) is 3.58. The number of piperidine rings is 1. The Bertz CT molecular complexity index is 632. The molecule has 0 aromatic heterocycles. The topological polar surface area (TPSA) is 59.1 Å². The van der Waals surface area contributed by atoms with E-state index in [1.54, 1.807) is 6.07 Å². The lowest BCUT2D eigenvalue weighted by atomic mass is 9.97. The van der Waals surface area contributed by atoms with Crippen molar-refractivity contribution < 1.29 is 19.1 Å². The average Bonchev–Trinajstić information content (AvgIpc) is 2.68. The quantitative estimate of drug-likeness (QED) is 0.782. The van der Waals surface area contributed by atoms with Crippen molar-refractivity contribution in [1.29, 1.82) is 0 Å². The van der Waals surface area contributed by atoms with E-state index in [-0.39, 0.29) is 5.91 Å². The Morgan fingerprint density at radius 2 is 1.80 bits per heavy atom. The number of rotatable bonds is 4. The first kappa shape index (κ1) is 17.9. The molecule has 1 aromatic rings. The van der Waals surface area contributed by atoms with E-state index >= 15 is 0 Å². The van der Waals surface area contributed by atoms with Gasteiger partial charge in [-0.25, -0.2) is 0 Å². The zero-order valence-electron chi connectivity index (χ0n) is 15.0. The highest BCUT2D eigenvalue weighted by atomic mass is 16.7. The number of nitrogens with zero attached hydrogens (tertiary/aromatic N) is 2. The molecule has 136 valence electrons. The molecule has 0 spiro atoms. The maximum atomic E-state index is 13.1. The average molecular weight is 346 g/mol. The zero-order valence-corrected chi connectivity index (χ0v) is 15.0. The van der Waals surface area contributed by atoms with E-state index < -0.39 is 5.79 Å². The lowest BCUT2D eigenvalue weighted by Gasteiger charge is -2.36.